The SMILES string of the molecule is CCN1c2cc(Cl)c(/C=N/NC(=O)c3cccc(-n4cccc4)c3)cc2C(C)=CC1(C)C. The minimum Gasteiger partial charge on any atom is -0.363 e. The lowest BCUT2D eigenvalue weighted by atomic mass is 9.88. The molecule has 32 heavy (non-hydrogen) atoms. The molecule has 2 aromatic carbocycles. The Bertz CT molecular complexity index is 1210. The second-order valence-corrected chi connectivity index (χ2v) is 8.86. The number of hydrogen-bond donors (Lipinski definition) is 1. The van der Waals surface area contributed by atoms with Crippen molar-refractivity contribution in [2.24, 2.45) is 5.10 Å². The maximum absolute atomic E-state index is 12.6. The molecule has 5 nitrogen and oxygen atoms in total. The molecule has 0 saturated carbocycles. The zero-order valence-electron chi connectivity index (χ0n) is 18.8. The van der Waals surface area contributed by atoms with Gasteiger partial charge in [0.1, 0.15) is 0 Å². The number of allylic oxidation sites excluding steroid dienone is 1. The fourth-order valence-corrected chi connectivity index (χ4v) is 4.54. The Morgan fingerprint density at radius 3 is 2.62 bits per heavy atom. The summed E-state index contributed by atoms with van der Waals surface area (Å²) in [5, 5.41) is 4.76. The number of hydrogen-bond acceptors (Lipinski definition) is 3. The second-order valence-electron chi connectivity index (χ2n) is 8.46. The summed E-state index contributed by atoms with van der Waals surface area (Å²) in [4.78, 5) is 14.9. The van der Waals surface area contributed by atoms with Crippen molar-refractivity contribution in [1.29, 1.82) is 0 Å². The molecular weight excluding hydrogens is 420 g/mol. The molecule has 2 heterocycles. The highest BCUT2D eigenvalue weighted by molar-refractivity contribution is 6.33. The topological polar surface area (TPSA) is 49.6 Å². The van der Waals surface area contributed by atoms with Crippen LogP contribution in [-0.4, -0.2) is 28.8 Å². The monoisotopic (exact) mass is 446 g/mol. The van der Waals surface area contributed by atoms with Gasteiger partial charge < -0.3 is 9.47 Å². The van der Waals surface area contributed by atoms with Gasteiger partial charge in [0, 0.05) is 47.0 Å². The summed E-state index contributed by atoms with van der Waals surface area (Å²) in [6, 6.07) is 15.3. The van der Waals surface area contributed by atoms with Crippen LogP contribution in [0, 0.1) is 0 Å². The molecule has 0 radical (unpaired) electrons. The van der Waals surface area contributed by atoms with E-state index in [1.165, 1.54) is 5.57 Å². The van der Waals surface area contributed by atoms with Crippen LogP contribution in [0.1, 0.15) is 49.2 Å². The van der Waals surface area contributed by atoms with Gasteiger partial charge in [0.2, 0.25) is 0 Å². The molecule has 3 aromatic rings. The van der Waals surface area contributed by atoms with Gasteiger partial charge in [0.25, 0.3) is 5.91 Å². The zero-order chi connectivity index (χ0) is 22.9. The Kier molecular flexibility index (Phi) is 5.94. The van der Waals surface area contributed by atoms with Crippen LogP contribution >= 0.6 is 11.6 Å². The third-order valence-corrected chi connectivity index (χ3v) is 6.12. The van der Waals surface area contributed by atoms with Gasteiger partial charge in [-0.2, -0.15) is 5.10 Å². The maximum atomic E-state index is 12.6. The molecule has 1 aliphatic rings. The second kappa shape index (κ2) is 8.67. The molecule has 0 unspecified atom stereocenters. The van der Waals surface area contributed by atoms with Crippen molar-refractivity contribution in [2.75, 3.05) is 11.4 Å². The van der Waals surface area contributed by atoms with Crippen LogP contribution in [0.2, 0.25) is 5.02 Å². The van der Waals surface area contributed by atoms with Crippen molar-refractivity contribution in [3.05, 3.63) is 88.7 Å². The van der Waals surface area contributed by atoms with Crippen molar-refractivity contribution in [1.82, 2.24) is 9.99 Å². The van der Waals surface area contributed by atoms with Gasteiger partial charge in [-0.1, -0.05) is 23.7 Å². The number of halogens is 1. The summed E-state index contributed by atoms with van der Waals surface area (Å²) in [7, 11) is 0. The van der Waals surface area contributed by atoms with Crippen molar-refractivity contribution in [2.45, 2.75) is 33.2 Å². The molecule has 1 aliphatic heterocycles. The lowest BCUT2D eigenvalue weighted by molar-refractivity contribution is 0.0955. The highest BCUT2D eigenvalue weighted by atomic mass is 35.5. The average molecular weight is 447 g/mol. The standard InChI is InChI=1S/C26H27ClN4O/c1-5-31-24-15-23(27)20(14-22(24)18(2)16-26(31,3)4)17-28-29-25(32)19-9-8-10-21(13-19)30-11-6-7-12-30/h6-17H,5H2,1-4H3,(H,29,32)/b28-17+. The fraction of sp³-hybridized carbons (Fsp3) is 0.231. The number of nitrogens with zero attached hydrogens (tertiary/aromatic N) is 3. The number of carbonyl (C=O) groups is 1. The van der Waals surface area contributed by atoms with Gasteiger partial charge in [-0.05, 0) is 75.7 Å². The third-order valence-electron chi connectivity index (χ3n) is 5.79. The van der Waals surface area contributed by atoms with Crippen LogP contribution in [0.4, 0.5) is 5.69 Å². The number of rotatable bonds is 5. The summed E-state index contributed by atoms with van der Waals surface area (Å²) in [6.07, 6.45) is 7.74. The molecule has 0 bridgehead atoms. The minimum absolute atomic E-state index is 0.0755. The van der Waals surface area contributed by atoms with E-state index < -0.39 is 0 Å². The van der Waals surface area contributed by atoms with E-state index >= 15 is 0 Å². The van der Waals surface area contributed by atoms with Crippen LogP contribution in [-0.2, 0) is 0 Å². The number of anilines is 1. The number of aromatic nitrogens is 1. The Labute approximate surface area is 194 Å². The lowest BCUT2D eigenvalue weighted by Crippen LogP contribution is -2.44. The number of nitrogens with one attached hydrogen (secondary N) is 1. The first-order valence-electron chi connectivity index (χ1n) is 10.7. The van der Waals surface area contributed by atoms with E-state index in [9.17, 15) is 4.79 Å². The Morgan fingerprint density at radius 2 is 1.91 bits per heavy atom. The largest absolute Gasteiger partial charge is 0.363 e. The average Bonchev–Trinajstić information content (AvgIpc) is 3.29. The van der Waals surface area contributed by atoms with E-state index in [0.717, 1.165) is 29.0 Å². The van der Waals surface area contributed by atoms with Crippen LogP contribution < -0.4 is 10.3 Å². The molecule has 1 N–H and O–H groups in total. The first-order valence-corrected chi connectivity index (χ1v) is 11.1. The quantitative estimate of drug-likeness (QED) is 0.391. The van der Waals surface area contributed by atoms with Gasteiger partial charge in [-0.3, -0.25) is 4.79 Å². The molecule has 0 atom stereocenters. The smallest absolute Gasteiger partial charge is 0.271 e. The predicted molar refractivity (Wildman–Crippen MR) is 133 cm³/mol. The van der Waals surface area contributed by atoms with Crippen molar-refractivity contribution in [3.63, 3.8) is 0 Å². The summed E-state index contributed by atoms with van der Waals surface area (Å²) in [5.41, 5.74) is 8.18. The highest BCUT2D eigenvalue weighted by Gasteiger charge is 2.30. The molecule has 0 aliphatic carbocycles. The van der Waals surface area contributed by atoms with Crippen molar-refractivity contribution in [3.8, 4) is 5.69 Å². The van der Waals surface area contributed by atoms with Crippen LogP contribution in [0.15, 0.2) is 72.1 Å². The summed E-state index contributed by atoms with van der Waals surface area (Å²) < 4.78 is 1.95. The Hall–Kier alpha value is -3.31. The third kappa shape index (κ3) is 4.21. The number of hydrazone groups is 1. The Morgan fingerprint density at radius 1 is 1.16 bits per heavy atom. The lowest BCUT2D eigenvalue weighted by Gasteiger charge is -2.43. The first kappa shape index (κ1) is 21.9. The molecule has 6 heteroatoms. The normalized spacial score (nSPS) is 14.9. The van der Waals surface area contributed by atoms with Crippen LogP contribution in [0.5, 0.6) is 0 Å². The highest BCUT2D eigenvalue weighted by Crippen LogP contribution is 2.40. The molecule has 0 saturated heterocycles. The summed E-state index contributed by atoms with van der Waals surface area (Å²) in [5.74, 6) is -0.278. The zero-order valence-corrected chi connectivity index (χ0v) is 19.5. The molecule has 164 valence electrons. The first-order chi connectivity index (χ1) is 15.3. The van der Waals surface area contributed by atoms with E-state index in [2.05, 4.69) is 49.2 Å². The fourth-order valence-electron chi connectivity index (χ4n) is 4.33. The van der Waals surface area contributed by atoms with Crippen molar-refractivity contribution >= 4 is 35.0 Å². The van der Waals surface area contributed by atoms with Gasteiger partial charge in [-0.25, -0.2) is 5.43 Å². The minimum atomic E-state index is -0.278. The number of benzene rings is 2. The number of likely N-dealkylation sites (N-methyl/N-ethyl adjacent to an activating group) is 1. The van der Waals surface area contributed by atoms with Gasteiger partial charge >= 0.3 is 0 Å². The molecule has 1 amide bonds. The van der Waals surface area contributed by atoms with E-state index in [4.69, 9.17) is 11.6 Å². The molecule has 0 spiro atoms. The summed E-state index contributed by atoms with van der Waals surface area (Å²) >= 11 is 6.58. The van der Waals surface area contributed by atoms with Crippen LogP contribution in [0.25, 0.3) is 11.3 Å². The predicted octanol–water partition coefficient (Wildman–Crippen LogP) is 5.92. The Balaban J connectivity index is 1.54. The molecule has 4 rings (SSSR count). The molecular formula is C26H27ClN4O. The van der Waals surface area contributed by atoms with E-state index in [1.54, 1.807) is 12.3 Å². The molecule has 1 aromatic heterocycles. The van der Waals surface area contributed by atoms with E-state index in [0.29, 0.717) is 10.6 Å². The van der Waals surface area contributed by atoms with Gasteiger partial charge in [0.05, 0.1) is 16.8 Å². The number of carbonyl (C=O) groups excluding carboxylic acids is 1. The van der Waals surface area contributed by atoms with E-state index in [1.807, 2.05) is 59.4 Å². The van der Waals surface area contributed by atoms with Crippen LogP contribution in [0.3, 0.4) is 0 Å². The summed E-state index contributed by atoms with van der Waals surface area (Å²) in [6.45, 7) is 9.54. The number of amides is 1. The van der Waals surface area contributed by atoms with Gasteiger partial charge in [-0.15, -0.1) is 0 Å². The van der Waals surface area contributed by atoms with Crippen molar-refractivity contribution < 1.29 is 4.79 Å². The van der Waals surface area contributed by atoms with E-state index in [-0.39, 0.29) is 11.4 Å². The number of fused-ring (bicyclic) bond motifs is 1. The molecule has 0 fully saturated rings. The maximum Gasteiger partial charge on any atom is 0.271 e. The van der Waals surface area contributed by atoms with Gasteiger partial charge in [0.15, 0.2) is 0 Å².